The molecule has 0 spiro atoms. The fraction of sp³-hybridized carbons (Fsp3) is 0.479. The van der Waals surface area contributed by atoms with Crippen LogP contribution in [0.25, 0.3) is 0 Å². The Morgan fingerprint density at radius 2 is 1.28 bits per heavy atom. The molecule has 2 atom stereocenters. The van der Waals surface area contributed by atoms with Gasteiger partial charge < -0.3 is 14.6 Å². The van der Waals surface area contributed by atoms with Crippen LogP contribution < -0.4 is 4.74 Å². The molecule has 58 heavy (non-hydrogen) atoms. The molecule has 1 N–H and O–H groups in total. The summed E-state index contributed by atoms with van der Waals surface area (Å²) in [5, 5.41) is 9.66. The van der Waals surface area contributed by atoms with E-state index in [-0.39, 0.29) is 21.5 Å². The molecule has 2 radical (unpaired) electrons. The molecule has 0 fully saturated rings. The molecule has 0 aliphatic heterocycles. The first-order chi connectivity index (χ1) is 26.4. The van der Waals surface area contributed by atoms with Gasteiger partial charge in [0, 0.05) is 15.2 Å². The highest BCUT2D eigenvalue weighted by atomic mass is 32.2. The minimum absolute atomic E-state index is 0.0626. The summed E-state index contributed by atoms with van der Waals surface area (Å²) in [6.45, 7) is 27.4. The summed E-state index contributed by atoms with van der Waals surface area (Å²) in [5.74, 6) is 0.531. The molecule has 4 aromatic rings. The zero-order valence-corrected chi connectivity index (χ0v) is 38.6. The van der Waals surface area contributed by atoms with Gasteiger partial charge in [-0.3, -0.25) is 4.79 Å². The van der Waals surface area contributed by atoms with Crippen molar-refractivity contribution >= 4 is 34.5 Å². The smallest absolute Gasteiger partial charge is 0.312 e. The molecule has 0 bridgehead atoms. The van der Waals surface area contributed by atoms with Crippen LogP contribution in [0.1, 0.15) is 126 Å². The molecule has 0 aliphatic carbocycles. The van der Waals surface area contributed by atoms with Gasteiger partial charge in [-0.15, -0.1) is 0 Å². The number of aromatic hydroxyl groups is 1. The van der Waals surface area contributed by atoms with E-state index in [4.69, 9.17) is 17.3 Å². The topological polar surface area (TPSA) is 107 Å². The van der Waals surface area contributed by atoms with Crippen LogP contribution in [0.3, 0.4) is 0 Å². The number of carbonyl (C=O) groups excluding carboxylic acids is 1. The van der Waals surface area contributed by atoms with Crippen molar-refractivity contribution in [3.63, 3.8) is 0 Å². The molecule has 2 unspecified atom stereocenters. The number of rotatable bonds is 15. The minimum atomic E-state index is -3.69. The second kappa shape index (κ2) is 16.6. The van der Waals surface area contributed by atoms with Gasteiger partial charge in [0.2, 0.25) is 9.84 Å². The van der Waals surface area contributed by atoms with E-state index in [1.54, 1.807) is 54.6 Å². The number of esters is 1. The maximum atomic E-state index is 14.3. The molecule has 0 aliphatic rings. The van der Waals surface area contributed by atoms with Gasteiger partial charge in [-0.2, -0.15) is 0 Å². The third kappa shape index (κ3) is 10.5. The normalized spacial score (nSPS) is 14.8. The third-order valence-electron chi connectivity index (χ3n) is 11.7. The lowest BCUT2D eigenvalue weighted by molar-refractivity contribution is -0.171. The lowest BCUT2D eigenvalue weighted by Gasteiger charge is -2.46. The number of phenols is 1. The van der Waals surface area contributed by atoms with Gasteiger partial charge in [-0.1, -0.05) is 85.0 Å². The molecular formula is C48H63BO7S2. The van der Waals surface area contributed by atoms with Gasteiger partial charge in [0.1, 0.15) is 22.7 Å². The maximum absolute atomic E-state index is 14.3. The average molecular weight is 827 g/mol. The number of hydrogen-bond acceptors (Lipinski definition) is 7. The zero-order chi connectivity index (χ0) is 43.9. The van der Waals surface area contributed by atoms with Crippen LogP contribution in [-0.2, 0) is 42.0 Å². The number of carbonyl (C=O) groups is 1. The molecule has 4 rings (SSSR count). The summed E-state index contributed by atoms with van der Waals surface area (Å²) in [5.41, 5.74) is -0.771. The molecule has 312 valence electrons. The first kappa shape index (κ1) is 46.8. The van der Waals surface area contributed by atoms with Crippen molar-refractivity contribution in [1.82, 2.24) is 0 Å². The van der Waals surface area contributed by atoms with Crippen molar-refractivity contribution in [2.45, 2.75) is 157 Å². The molecule has 0 amide bonds. The average Bonchev–Trinajstić information content (AvgIpc) is 3.10. The highest BCUT2D eigenvalue weighted by Crippen LogP contribution is 2.52. The van der Waals surface area contributed by atoms with Gasteiger partial charge >= 0.3 is 5.97 Å². The van der Waals surface area contributed by atoms with Gasteiger partial charge in [-0.25, -0.2) is 12.6 Å². The molecule has 4 aromatic carbocycles. The Bertz CT molecular complexity index is 2210. The van der Waals surface area contributed by atoms with Crippen molar-refractivity contribution in [3.8, 4) is 11.5 Å². The summed E-state index contributed by atoms with van der Waals surface area (Å²) in [4.78, 5) is 15.2. The second-order valence-electron chi connectivity index (χ2n) is 19.6. The summed E-state index contributed by atoms with van der Waals surface area (Å²) in [6.07, 6.45) is 0.809. The minimum Gasteiger partial charge on any atom is -0.508 e. The molecule has 0 saturated carbocycles. The second-order valence-corrected chi connectivity index (χ2v) is 23.0. The summed E-state index contributed by atoms with van der Waals surface area (Å²) >= 11 is 0. The number of phenolic OH excluding ortho intramolecular Hbond substituents is 1. The monoisotopic (exact) mass is 826 g/mol. The Morgan fingerprint density at radius 1 is 0.759 bits per heavy atom. The van der Waals surface area contributed by atoms with Gasteiger partial charge in [0.15, 0.2) is 0 Å². The summed E-state index contributed by atoms with van der Waals surface area (Å²) in [7, 11) is 1.37. The Labute approximate surface area is 352 Å². The van der Waals surface area contributed by atoms with Gasteiger partial charge in [0.25, 0.3) is 0 Å². The van der Waals surface area contributed by atoms with Crippen molar-refractivity contribution in [2.75, 3.05) is 0 Å². The van der Waals surface area contributed by atoms with E-state index < -0.39 is 53.4 Å². The van der Waals surface area contributed by atoms with E-state index in [9.17, 15) is 22.5 Å². The predicted molar refractivity (Wildman–Crippen MR) is 235 cm³/mol. The van der Waals surface area contributed by atoms with Crippen LogP contribution >= 0.6 is 0 Å². The Kier molecular flexibility index (Phi) is 13.4. The van der Waals surface area contributed by atoms with E-state index in [0.29, 0.717) is 39.9 Å². The van der Waals surface area contributed by atoms with Gasteiger partial charge in [0.05, 0.1) is 33.9 Å². The van der Waals surface area contributed by atoms with Crippen molar-refractivity contribution < 1.29 is 32.0 Å². The molecule has 7 nitrogen and oxygen atoms in total. The van der Waals surface area contributed by atoms with Crippen LogP contribution in [0, 0.1) is 10.8 Å². The van der Waals surface area contributed by atoms with Crippen LogP contribution in [0.15, 0.2) is 111 Å². The summed E-state index contributed by atoms with van der Waals surface area (Å²) in [6, 6.07) is 26.1. The predicted octanol–water partition coefficient (Wildman–Crippen LogP) is 11.3. The van der Waals surface area contributed by atoms with Crippen LogP contribution in [-0.4, -0.2) is 42.8 Å². The van der Waals surface area contributed by atoms with E-state index in [1.165, 1.54) is 0 Å². The molecule has 0 aromatic heterocycles. The van der Waals surface area contributed by atoms with Crippen molar-refractivity contribution in [1.29, 1.82) is 0 Å². The highest BCUT2D eigenvalue weighted by molar-refractivity contribution is 7.91. The maximum Gasteiger partial charge on any atom is 0.312 e. The third-order valence-corrected chi connectivity index (χ3v) is 15.0. The standard InChI is InChI=1S/C48H63BO7S2/c1-32(2)33-15-24-39(25-16-33)58(53,54)40-26-20-37(21-27-40)55-47(12,13)45(8,9)35-17-22-38(23-18-35)57(52)41-28-19-36(50)29-34(41)30-44(6,7)31-48(14,46(10,11)49)42(51)56-43(3,4)5/h15-29,32,50H,30-31H2,1-14H3. The molecule has 0 heterocycles. The zero-order valence-electron chi connectivity index (χ0n) is 36.9. The number of ether oxygens (including phenoxy) is 2. The van der Waals surface area contributed by atoms with Crippen molar-refractivity contribution in [3.05, 3.63) is 108 Å². The lowest BCUT2D eigenvalue weighted by Crippen LogP contribution is -2.47. The fourth-order valence-corrected chi connectivity index (χ4v) is 9.58. The fourth-order valence-electron chi connectivity index (χ4n) is 7.12. The first-order valence-corrected chi connectivity index (χ1v) is 22.5. The summed E-state index contributed by atoms with van der Waals surface area (Å²) < 4.78 is 53.4. The molecule has 0 saturated heterocycles. The van der Waals surface area contributed by atoms with Crippen LogP contribution in [0.2, 0.25) is 5.31 Å². The SMILES string of the molecule is [B]C(C)(C)C(C)(CC(C)(C)Cc1cc(O)ccc1S(=O)c1ccc(C(C)(C)C(C)(C)Oc2ccc(S(=O)(=O)c3ccc(C(C)C)cc3)cc2)cc1)C(=O)OC(C)(C)C. The van der Waals surface area contributed by atoms with Crippen LogP contribution in [0.4, 0.5) is 0 Å². The number of sulfone groups is 1. The van der Waals surface area contributed by atoms with Gasteiger partial charge in [-0.05, 0) is 149 Å². The number of hydrogen-bond donors (Lipinski definition) is 1. The Morgan fingerprint density at radius 3 is 1.76 bits per heavy atom. The Hall–Kier alpha value is -3.89. The largest absolute Gasteiger partial charge is 0.508 e. The highest BCUT2D eigenvalue weighted by Gasteiger charge is 2.49. The van der Waals surface area contributed by atoms with Crippen molar-refractivity contribution in [2.24, 2.45) is 10.8 Å². The quantitative estimate of drug-likeness (QED) is 0.0939. The molecular weight excluding hydrogens is 763 g/mol. The first-order valence-electron chi connectivity index (χ1n) is 19.9. The number of benzene rings is 4. The van der Waals surface area contributed by atoms with Crippen LogP contribution in [0.5, 0.6) is 11.5 Å². The molecule has 10 heteroatoms. The Balaban J connectivity index is 1.54. The van der Waals surface area contributed by atoms with E-state index in [2.05, 4.69) is 27.7 Å². The van der Waals surface area contributed by atoms with E-state index in [1.807, 2.05) is 106 Å². The van der Waals surface area contributed by atoms with E-state index >= 15 is 0 Å². The van der Waals surface area contributed by atoms with E-state index in [0.717, 1.165) is 11.1 Å². The lowest BCUT2D eigenvalue weighted by atomic mass is 9.51.